The highest BCUT2D eigenvalue weighted by atomic mass is 16.5. The number of fused-ring (bicyclic) bond motifs is 2. The van der Waals surface area contributed by atoms with Gasteiger partial charge >= 0.3 is 0 Å². The maximum absolute atomic E-state index is 6.06. The van der Waals surface area contributed by atoms with Gasteiger partial charge in [-0.2, -0.15) is 0 Å². The minimum Gasteiger partial charge on any atom is -0.488 e. The molecule has 4 rings (SSSR count). The molecule has 158 valence electrons. The summed E-state index contributed by atoms with van der Waals surface area (Å²) in [5.74, 6) is 3.15. The molecular weight excluding hydrogens is 380 g/mol. The van der Waals surface area contributed by atoms with E-state index in [1.807, 2.05) is 47.9 Å². The number of rotatable bonds is 7. The zero-order valence-corrected chi connectivity index (χ0v) is 17.7. The van der Waals surface area contributed by atoms with E-state index in [0.717, 1.165) is 35.9 Å². The minimum absolute atomic E-state index is 0.184. The van der Waals surface area contributed by atoms with E-state index in [4.69, 9.17) is 9.47 Å². The van der Waals surface area contributed by atoms with Crippen LogP contribution in [0.15, 0.2) is 47.6 Å². The Morgan fingerprint density at radius 2 is 2.10 bits per heavy atom. The molecule has 1 aromatic carbocycles. The fourth-order valence-corrected chi connectivity index (χ4v) is 3.52. The Labute approximate surface area is 176 Å². The lowest BCUT2D eigenvalue weighted by atomic mass is 10.0. The van der Waals surface area contributed by atoms with E-state index >= 15 is 0 Å². The number of aliphatic imine (C=N–C) groups is 1. The molecule has 8 nitrogen and oxygen atoms in total. The van der Waals surface area contributed by atoms with Crippen molar-refractivity contribution in [3.05, 3.63) is 54.0 Å². The molecule has 0 unspecified atom stereocenters. The normalized spacial score (nSPS) is 15.0. The van der Waals surface area contributed by atoms with Gasteiger partial charge in [-0.1, -0.05) is 18.2 Å². The van der Waals surface area contributed by atoms with Gasteiger partial charge in [0.1, 0.15) is 18.8 Å². The number of nitrogens with one attached hydrogen (secondary N) is 2. The maximum Gasteiger partial charge on any atom is 0.191 e. The van der Waals surface area contributed by atoms with Crippen molar-refractivity contribution in [2.24, 2.45) is 4.99 Å². The van der Waals surface area contributed by atoms with Crippen LogP contribution in [-0.4, -0.2) is 45.9 Å². The number of hydrogen-bond donors (Lipinski definition) is 2. The molecule has 3 aromatic rings. The SMILES string of the molecule is CCNC(=NCc1nnc2ccccn12)NCCOc1cccc2c1OC(C)(C)C2. The van der Waals surface area contributed by atoms with Crippen LogP contribution in [0.5, 0.6) is 11.5 Å². The summed E-state index contributed by atoms with van der Waals surface area (Å²) in [4.78, 5) is 4.62. The number of aromatic nitrogens is 3. The molecule has 0 radical (unpaired) electrons. The highest BCUT2D eigenvalue weighted by Gasteiger charge is 2.32. The van der Waals surface area contributed by atoms with E-state index in [1.165, 1.54) is 5.56 Å². The van der Waals surface area contributed by atoms with Gasteiger partial charge in [-0.05, 0) is 39.0 Å². The summed E-state index contributed by atoms with van der Waals surface area (Å²) in [5.41, 5.74) is 1.83. The third-order valence-electron chi connectivity index (χ3n) is 4.81. The molecule has 0 aliphatic carbocycles. The highest BCUT2D eigenvalue weighted by Crippen LogP contribution is 2.41. The first kappa shape index (κ1) is 20.0. The van der Waals surface area contributed by atoms with Crippen molar-refractivity contribution in [2.75, 3.05) is 19.7 Å². The summed E-state index contributed by atoms with van der Waals surface area (Å²) in [7, 11) is 0. The van der Waals surface area contributed by atoms with Gasteiger partial charge in [-0.15, -0.1) is 10.2 Å². The van der Waals surface area contributed by atoms with Crippen molar-refractivity contribution in [2.45, 2.75) is 39.3 Å². The molecule has 0 saturated heterocycles. The topological polar surface area (TPSA) is 85.1 Å². The number of ether oxygens (including phenoxy) is 2. The summed E-state index contributed by atoms with van der Waals surface area (Å²) >= 11 is 0. The quantitative estimate of drug-likeness (QED) is 0.355. The lowest BCUT2D eigenvalue weighted by molar-refractivity contribution is 0.132. The summed E-state index contributed by atoms with van der Waals surface area (Å²) in [5, 5.41) is 14.9. The molecule has 0 fully saturated rings. The van der Waals surface area contributed by atoms with Gasteiger partial charge in [0.05, 0.1) is 6.54 Å². The molecular formula is C22H28N6O2. The van der Waals surface area contributed by atoms with E-state index in [0.29, 0.717) is 25.7 Å². The van der Waals surface area contributed by atoms with Crippen LogP contribution < -0.4 is 20.1 Å². The van der Waals surface area contributed by atoms with Gasteiger partial charge in [0.2, 0.25) is 0 Å². The largest absolute Gasteiger partial charge is 0.488 e. The number of pyridine rings is 1. The van der Waals surface area contributed by atoms with Crippen LogP contribution in [0.4, 0.5) is 0 Å². The zero-order valence-electron chi connectivity index (χ0n) is 17.7. The fraction of sp³-hybridized carbons (Fsp3) is 0.409. The van der Waals surface area contributed by atoms with Crippen LogP contribution in [0.3, 0.4) is 0 Å². The maximum atomic E-state index is 6.06. The molecule has 2 aromatic heterocycles. The number of hydrogen-bond acceptors (Lipinski definition) is 5. The predicted molar refractivity (Wildman–Crippen MR) is 116 cm³/mol. The van der Waals surface area contributed by atoms with Crippen LogP contribution in [0.1, 0.15) is 32.2 Å². The van der Waals surface area contributed by atoms with Crippen LogP contribution in [0.25, 0.3) is 5.65 Å². The first-order valence-corrected chi connectivity index (χ1v) is 10.3. The average Bonchev–Trinajstić information content (AvgIpc) is 3.28. The second-order valence-corrected chi connectivity index (χ2v) is 7.80. The third-order valence-corrected chi connectivity index (χ3v) is 4.81. The molecule has 1 aliphatic rings. The molecule has 8 heteroatoms. The van der Waals surface area contributed by atoms with Gasteiger partial charge < -0.3 is 20.1 Å². The lowest BCUT2D eigenvalue weighted by Gasteiger charge is -2.18. The highest BCUT2D eigenvalue weighted by molar-refractivity contribution is 5.79. The Kier molecular flexibility index (Phi) is 5.74. The Morgan fingerprint density at radius 3 is 2.97 bits per heavy atom. The van der Waals surface area contributed by atoms with Crippen molar-refractivity contribution in [1.29, 1.82) is 0 Å². The number of benzene rings is 1. The molecule has 0 bridgehead atoms. The Bertz CT molecular complexity index is 1040. The average molecular weight is 409 g/mol. The summed E-state index contributed by atoms with van der Waals surface area (Å²) in [6, 6.07) is 11.9. The zero-order chi connectivity index (χ0) is 21.0. The van der Waals surface area contributed by atoms with Crippen LogP contribution in [0, 0.1) is 0 Å². The molecule has 3 heterocycles. The second-order valence-electron chi connectivity index (χ2n) is 7.80. The van der Waals surface area contributed by atoms with Gasteiger partial charge in [-0.25, -0.2) is 4.99 Å². The predicted octanol–water partition coefficient (Wildman–Crippen LogP) is 2.58. The van der Waals surface area contributed by atoms with E-state index in [9.17, 15) is 0 Å². The Morgan fingerprint density at radius 1 is 1.20 bits per heavy atom. The molecule has 0 amide bonds. The molecule has 0 spiro atoms. The minimum atomic E-state index is -0.184. The second kappa shape index (κ2) is 8.61. The van der Waals surface area contributed by atoms with Crippen molar-refractivity contribution < 1.29 is 9.47 Å². The van der Waals surface area contributed by atoms with E-state index in [1.54, 1.807) is 0 Å². The first-order valence-electron chi connectivity index (χ1n) is 10.3. The van der Waals surface area contributed by atoms with E-state index < -0.39 is 0 Å². The van der Waals surface area contributed by atoms with Gasteiger partial charge in [-0.3, -0.25) is 4.40 Å². The first-order chi connectivity index (χ1) is 14.6. The number of guanidine groups is 1. The van der Waals surface area contributed by atoms with E-state index in [2.05, 4.69) is 45.7 Å². The monoisotopic (exact) mass is 408 g/mol. The van der Waals surface area contributed by atoms with Crippen LogP contribution >= 0.6 is 0 Å². The molecule has 30 heavy (non-hydrogen) atoms. The fourth-order valence-electron chi connectivity index (χ4n) is 3.52. The summed E-state index contributed by atoms with van der Waals surface area (Å²) in [6.45, 7) is 8.52. The lowest BCUT2D eigenvalue weighted by Crippen LogP contribution is -2.39. The Hall–Kier alpha value is -3.29. The van der Waals surface area contributed by atoms with Crippen molar-refractivity contribution in [3.8, 4) is 11.5 Å². The standard InChI is InChI=1S/C22H28N6O2/c1-4-23-21(25-15-19-27-26-18-10-5-6-12-28(18)19)24-11-13-29-17-9-7-8-16-14-22(2,3)30-20(16)17/h5-10,12H,4,11,13-15H2,1-3H3,(H2,23,24,25). The van der Waals surface area contributed by atoms with Crippen molar-refractivity contribution >= 4 is 11.6 Å². The van der Waals surface area contributed by atoms with Crippen LogP contribution in [-0.2, 0) is 13.0 Å². The van der Waals surface area contributed by atoms with Crippen molar-refractivity contribution in [3.63, 3.8) is 0 Å². The third kappa shape index (κ3) is 4.48. The van der Waals surface area contributed by atoms with Gasteiger partial charge in [0, 0.05) is 24.7 Å². The molecule has 0 saturated carbocycles. The number of nitrogens with zero attached hydrogens (tertiary/aromatic N) is 4. The van der Waals surface area contributed by atoms with Gasteiger partial charge in [0.25, 0.3) is 0 Å². The van der Waals surface area contributed by atoms with Crippen molar-refractivity contribution in [1.82, 2.24) is 25.2 Å². The smallest absolute Gasteiger partial charge is 0.191 e. The van der Waals surface area contributed by atoms with Gasteiger partial charge in [0.15, 0.2) is 28.9 Å². The molecule has 0 atom stereocenters. The molecule has 1 aliphatic heterocycles. The summed E-state index contributed by atoms with van der Waals surface area (Å²) < 4.78 is 14.0. The summed E-state index contributed by atoms with van der Waals surface area (Å²) in [6.07, 6.45) is 2.84. The molecule has 2 N–H and O–H groups in total. The van der Waals surface area contributed by atoms with Crippen LogP contribution in [0.2, 0.25) is 0 Å². The Balaban J connectivity index is 1.33. The van der Waals surface area contributed by atoms with E-state index in [-0.39, 0.29) is 5.60 Å². The number of para-hydroxylation sites is 1.